The molecule has 0 bridgehead atoms. The van der Waals surface area contributed by atoms with Crippen LogP contribution in [0.3, 0.4) is 0 Å². The van der Waals surface area contributed by atoms with Gasteiger partial charge in [0, 0.05) is 6.92 Å². The molecule has 0 spiro atoms. The fraction of sp³-hybridized carbons (Fsp3) is 0.969. The van der Waals surface area contributed by atoms with E-state index in [2.05, 4.69) is 5.32 Å². The molecule has 5 aliphatic rings. The Labute approximate surface area is 333 Å². The van der Waals surface area contributed by atoms with Crippen molar-refractivity contribution in [1.29, 1.82) is 0 Å². The van der Waals surface area contributed by atoms with E-state index in [9.17, 15) is 86.5 Å². The van der Waals surface area contributed by atoms with Crippen LogP contribution in [0.4, 0.5) is 0 Å². The lowest BCUT2D eigenvalue weighted by Crippen LogP contribution is -2.70. The second-order valence-electron chi connectivity index (χ2n) is 14.8. The molecule has 0 aliphatic carbocycles. The molecular formula is C32H55NO26. The minimum absolute atomic E-state index is 0.654. The minimum atomic E-state index is -2.46. The maximum absolute atomic E-state index is 12.5. The lowest BCUT2D eigenvalue weighted by molar-refractivity contribution is -0.388. The van der Waals surface area contributed by atoms with Crippen molar-refractivity contribution in [3.05, 3.63) is 0 Å². The van der Waals surface area contributed by atoms with Gasteiger partial charge in [-0.05, 0) is 0 Å². The molecule has 17 N–H and O–H groups in total. The molecule has 24 atom stereocenters. The van der Waals surface area contributed by atoms with Gasteiger partial charge in [-0.1, -0.05) is 0 Å². The number of ether oxygens (including phenoxy) is 9. The third kappa shape index (κ3) is 10.00. The maximum atomic E-state index is 12.5. The average Bonchev–Trinajstić information content (AvgIpc) is 3.21. The summed E-state index contributed by atoms with van der Waals surface area (Å²) in [6, 6.07) is -1.75. The van der Waals surface area contributed by atoms with E-state index in [-0.39, 0.29) is 0 Å². The van der Waals surface area contributed by atoms with Crippen molar-refractivity contribution in [2.45, 2.75) is 154 Å². The number of aliphatic hydroxyl groups excluding tert-OH is 16. The molecule has 0 unspecified atom stereocenters. The van der Waals surface area contributed by atoms with Crippen LogP contribution < -0.4 is 5.32 Å². The molecule has 0 saturated carbocycles. The lowest BCUT2D eigenvalue weighted by Gasteiger charge is -2.50. The second-order valence-corrected chi connectivity index (χ2v) is 14.8. The summed E-state index contributed by atoms with van der Waals surface area (Å²) in [6.07, 6.45) is -41.2. The standard InChI is InChI=1S/C32H55NO26/c1-8(38)33-14-17(42)26(59-30-22(47)18(43)16(41)10(2-34)54-30)13(6-52-32(7-37)27(49)15(40)9(39)5-51-32)56-29(14)57-25-12(4-36)55-31(23(48)20(25)45)58-24-11(3-35)53-28(50)21(46)19(24)44/h9-31,34-37,39-50H,2-7H2,1H3,(H,33,38)/t9-,10-,11-,12-,13-,14-,15-,16+,17-,18+,19-,20-,21-,22-,23-,24+,25+,26-,27+,28-,29+,30+,31+,32+/m1/s1. The molecule has 5 aliphatic heterocycles. The lowest BCUT2D eigenvalue weighted by atomic mass is 9.94. The largest absolute Gasteiger partial charge is 0.394 e. The quantitative estimate of drug-likeness (QED) is 0.0770. The molecule has 1 amide bonds. The number of carbonyl (C=O) groups excluding carboxylic acids is 1. The highest BCUT2D eigenvalue weighted by atomic mass is 16.8. The maximum Gasteiger partial charge on any atom is 0.221 e. The van der Waals surface area contributed by atoms with Gasteiger partial charge >= 0.3 is 0 Å². The molecule has 27 heteroatoms. The smallest absolute Gasteiger partial charge is 0.221 e. The van der Waals surface area contributed by atoms with Crippen LogP contribution in [0.25, 0.3) is 0 Å². The summed E-state index contributed by atoms with van der Waals surface area (Å²) in [5.74, 6) is -3.29. The number of nitrogens with one attached hydrogen (secondary N) is 1. The summed E-state index contributed by atoms with van der Waals surface area (Å²) in [5, 5.41) is 169. The molecule has 5 saturated heterocycles. The Morgan fingerprint density at radius 3 is 1.63 bits per heavy atom. The molecular weight excluding hydrogens is 814 g/mol. The van der Waals surface area contributed by atoms with Crippen molar-refractivity contribution >= 4 is 5.91 Å². The van der Waals surface area contributed by atoms with Crippen LogP contribution in [-0.2, 0) is 47.4 Å². The van der Waals surface area contributed by atoms with Crippen molar-refractivity contribution in [3.8, 4) is 0 Å². The summed E-state index contributed by atoms with van der Waals surface area (Å²) in [6.45, 7) is -4.45. The van der Waals surface area contributed by atoms with Crippen LogP contribution in [0, 0.1) is 0 Å². The van der Waals surface area contributed by atoms with Crippen LogP contribution in [0.2, 0.25) is 0 Å². The molecule has 5 rings (SSSR count). The van der Waals surface area contributed by atoms with Crippen molar-refractivity contribution in [1.82, 2.24) is 5.32 Å². The van der Waals surface area contributed by atoms with Crippen molar-refractivity contribution in [2.75, 3.05) is 39.6 Å². The molecule has 0 aromatic carbocycles. The van der Waals surface area contributed by atoms with E-state index in [0.29, 0.717) is 0 Å². The number of rotatable bonds is 14. The van der Waals surface area contributed by atoms with E-state index in [1.54, 1.807) is 0 Å². The summed E-state index contributed by atoms with van der Waals surface area (Å²) >= 11 is 0. The number of carbonyl (C=O) groups is 1. The number of amides is 1. The third-order valence-corrected chi connectivity index (χ3v) is 10.8. The molecule has 59 heavy (non-hydrogen) atoms. The zero-order valence-electron chi connectivity index (χ0n) is 31.3. The Balaban J connectivity index is 1.42. The predicted octanol–water partition coefficient (Wildman–Crippen LogP) is -11.8. The van der Waals surface area contributed by atoms with Gasteiger partial charge in [0.05, 0.1) is 33.0 Å². The molecule has 27 nitrogen and oxygen atoms in total. The third-order valence-electron chi connectivity index (χ3n) is 10.8. The normalized spacial score (nSPS) is 51.0. The van der Waals surface area contributed by atoms with E-state index in [1.165, 1.54) is 0 Å². The topological polar surface area (TPSA) is 436 Å². The zero-order chi connectivity index (χ0) is 43.7. The summed E-state index contributed by atoms with van der Waals surface area (Å²) in [7, 11) is 0. The number of hydrogen-bond acceptors (Lipinski definition) is 26. The molecule has 344 valence electrons. The SMILES string of the molecule is CC(=O)N[C@H]1[C@H](O[C@@H]2[C@H](O)[C@@H](O)[C@H](O[C@@H]3[C@H](O)[C@@H](O)[C@H](O)O[C@@H]3CO)O[C@@H]2CO)O[C@H](CO[C@]2(CO)OC[C@@H](O)[C@@H](O)[C@@H]2O)[C@@H](O[C@@H]2O[C@H](CO)[C@H](O)[C@H](O)[C@H]2O)[C@@H]1O. The van der Waals surface area contributed by atoms with Gasteiger partial charge in [-0.25, -0.2) is 0 Å². The van der Waals surface area contributed by atoms with Gasteiger partial charge < -0.3 is 130 Å². The monoisotopic (exact) mass is 869 g/mol. The fourth-order valence-corrected chi connectivity index (χ4v) is 7.36. The fourth-order valence-electron chi connectivity index (χ4n) is 7.36. The van der Waals surface area contributed by atoms with E-state index in [1.807, 2.05) is 0 Å². The van der Waals surface area contributed by atoms with Crippen molar-refractivity contribution in [3.63, 3.8) is 0 Å². The molecule has 5 fully saturated rings. The summed E-state index contributed by atoms with van der Waals surface area (Å²) in [4.78, 5) is 12.5. The zero-order valence-corrected chi connectivity index (χ0v) is 31.3. The van der Waals surface area contributed by atoms with Gasteiger partial charge in [0.15, 0.2) is 25.2 Å². The van der Waals surface area contributed by atoms with Crippen molar-refractivity contribution in [2.24, 2.45) is 0 Å². The van der Waals surface area contributed by atoms with E-state index < -0.39 is 192 Å². The number of aliphatic hydroxyl groups is 16. The molecule has 0 aromatic rings. The second kappa shape index (κ2) is 20.3. The molecule has 0 aromatic heterocycles. The minimum Gasteiger partial charge on any atom is -0.394 e. The average molecular weight is 870 g/mol. The first-order valence-corrected chi connectivity index (χ1v) is 18.6. The predicted molar refractivity (Wildman–Crippen MR) is 178 cm³/mol. The Hall–Kier alpha value is -1.53. The Kier molecular flexibility index (Phi) is 16.7. The van der Waals surface area contributed by atoms with Crippen LogP contribution >= 0.6 is 0 Å². The summed E-state index contributed by atoms with van der Waals surface area (Å²) in [5.41, 5.74) is 0. The van der Waals surface area contributed by atoms with Crippen LogP contribution in [0.15, 0.2) is 0 Å². The van der Waals surface area contributed by atoms with Crippen LogP contribution in [0.5, 0.6) is 0 Å². The van der Waals surface area contributed by atoms with Gasteiger partial charge in [0.2, 0.25) is 11.7 Å². The first kappa shape index (κ1) is 48.5. The molecule has 0 radical (unpaired) electrons. The van der Waals surface area contributed by atoms with Gasteiger partial charge in [-0.15, -0.1) is 0 Å². The highest BCUT2D eigenvalue weighted by Crippen LogP contribution is 2.36. The Morgan fingerprint density at radius 2 is 1.07 bits per heavy atom. The van der Waals surface area contributed by atoms with Gasteiger partial charge in [-0.3, -0.25) is 4.79 Å². The van der Waals surface area contributed by atoms with E-state index in [0.717, 1.165) is 6.92 Å². The first-order chi connectivity index (χ1) is 27.8. The highest BCUT2D eigenvalue weighted by Gasteiger charge is 2.57. The van der Waals surface area contributed by atoms with Crippen molar-refractivity contribution < 1.29 is 129 Å². The van der Waals surface area contributed by atoms with E-state index >= 15 is 0 Å². The van der Waals surface area contributed by atoms with Gasteiger partial charge in [0.25, 0.3) is 0 Å². The van der Waals surface area contributed by atoms with Gasteiger partial charge in [-0.2, -0.15) is 0 Å². The highest BCUT2D eigenvalue weighted by molar-refractivity contribution is 5.73. The van der Waals surface area contributed by atoms with Crippen LogP contribution in [-0.4, -0.2) is 274 Å². The Morgan fingerprint density at radius 1 is 0.576 bits per heavy atom. The van der Waals surface area contributed by atoms with Gasteiger partial charge in [0.1, 0.15) is 123 Å². The summed E-state index contributed by atoms with van der Waals surface area (Å²) < 4.78 is 50.5. The Bertz CT molecular complexity index is 1340. The first-order valence-electron chi connectivity index (χ1n) is 18.6. The number of hydrogen-bond donors (Lipinski definition) is 17. The van der Waals surface area contributed by atoms with E-state index in [4.69, 9.17) is 42.6 Å². The molecule has 5 heterocycles. The van der Waals surface area contributed by atoms with Crippen LogP contribution in [0.1, 0.15) is 6.92 Å².